The summed E-state index contributed by atoms with van der Waals surface area (Å²) in [6, 6.07) is 0. The first kappa shape index (κ1) is 12.6. The van der Waals surface area contributed by atoms with Crippen LogP contribution in [0, 0.1) is 17.3 Å². The van der Waals surface area contributed by atoms with Crippen molar-refractivity contribution in [1.82, 2.24) is 0 Å². The molecule has 0 aromatic carbocycles. The molecule has 0 radical (unpaired) electrons. The Morgan fingerprint density at radius 1 is 1.22 bits per heavy atom. The van der Waals surface area contributed by atoms with Crippen molar-refractivity contribution in [2.24, 2.45) is 17.3 Å². The fourth-order valence-electron chi connectivity index (χ4n) is 4.09. The summed E-state index contributed by atoms with van der Waals surface area (Å²) in [6.07, 6.45) is 6.64. The van der Waals surface area contributed by atoms with E-state index in [9.17, 15) is 5.11 Å². The summed E-state index contributed by atoms with van der Waals surface area (Å²) < 4.78 is 0. The standard InChI is InChI=1S/C15H24O3/c1-10-6-5-7-11-8-15(16)12(9-14(10,11)4)13(2,3)17-18-15/h9-11,16H,5-8H2,1-4H3/t10-,11+,14+,15-/m0/s1. The predicted octanol–water partition coefficient (Wildman–Crippen LogP) is 3.19. The highest BCUT2D eigenvalue weighted by atomic mass is 17.2. The molecule has 4 atom stereocenters. The van der Waals surface area contributed by atoms with Gasteiger partial charge in [0.05, 0.1) is 0 Å². The lowest BCUT2D eigenvalue weighted by molar-refractivity contribution is -0.393. The molecule has 3 aliphatic rings. The van der Waals surface area contributed by atoms with Crippen LogP contribution in [0.2, 0.25) is 0 Å². The van der Waals surface area contributed by atoms with Crippen LogP contribution < -0.4 is 0 Å². The normalized spacial score (nSPS) is 50.4. The van der Waals surface area contributed by atoms with Gasteiger partial charge in [-0.25, -0.2) is 4.89 Å². The Balaban J connectivity index is 2.08. The number of rotatable bonds is 0. The average Bonchev–Trinajstić information content (AvgIpc) is 2.51. The number of hydrogen-bond acceptors (Lipinski definition) is 3. The molecule has 0 spiro atoms. The molecule has 102 valence electrons. The summed E-state index contributed by atoms with van der Waals surface area (Å²) in [6.45, 7) is 8.60. The van der Waals surface area contributed by atoms with Gasteiger partial charge in [-0.3, -0.25) is 0 Å². The molecule has 0 bridgehead atoms. The Hall–Kier alpha value is -0.380. The van der Waals surface area contributed by atoms with Gasteiger partial charge in [0.1, 0.15) is 5.60 Å². The topological polar surface area (TPSA) is 38.7 Å². The molecule has 1 aliphatic heterocycles. The molecule has 1 heterocycles. The van der Waals surface area contributed by atoms with Gasteiger partial charge < -0.3 is 5.11 Å². The van der Waals surface area contributed by atoms with E-state index >= 15 is 0 Å². The maximum atomic E-state index is 10.7. The molecule has 18 heavy (non-hydrogen) atoms. The molecule has 3 heteroatoms. The first-order valence-electron chi connectivity index (χ1n) is 7.11. The minimum absolute atomic E-state index is 0.175. The van der Waals surface area contributed by atoms with Crippen LogP contribution in [-0.2, 0) is 9.78 Å². The van der Waals surface area contributed by atoms with Crippen LogP contribution in [0.5, 0.6) is 0 Å². The summed E-state index contributed by atoms with van der Waals surface area (Å²) in [7, 11) is 0. The third kappa shape index (κ3) is 1.54. The summed E-state index contributed by atoms with van der Waals surface area (Å²) in [5.74, 6) is -0.0396. The van der Waals surface area contributed by atoms with Gasteiger partial charge in [-0.2, -0.15) is 4.89 Å². The SMILES string of the molecule is C[C@H]1CCC[C@@H]2C[C@]3(O)OOC(C)(C)C3=C[C@@]21C. The Labute approximate surface area is 109 Å². The van der Waals surface area contributed by atoms with Gasteiger partial charge in [-0.15, -0.1) is 0 Å². The number of hydrogen-bond donors (Lipinski definition) is 1. The van der Waals surface area contributed by atoms with Gasteiger partial charge >= 0.3 is 0 Å². The van der Waals surface area contributed by atoms with Crippen molar-refractivity contribution >= 4 is 0 Å². The van der Waals surface area contributed by atoms with E-state index in [0.717, 1.165) is 5.57 Å². The van der Waals surface area contributed by atoms with Crippen molar-refractivity contribution in [1.29, 1.82) is 0 Å². The second kappa shape index (κ2) is 3.59. The highest BCUT2D eigenvalue weighted by Gasteiger charge is 2.58. The molecular weight excluding hydrogens is 228 g/mol. The average molecular weight is 252 g/mol. The van der Waals surface area contributed by atoms with Crippen molar-refractivity contribution < 1.29 is 14.9 Å². The van der Waals surface area contributed by atoms with E-state index < -0.39 is 11.4 Å². The zero-order chi connectivity index (χ0) is 13.2. The summed E-state index contributed by atoms with van der Waals surface area (Å²) >= 11 is 0. The molecule has 0 unspecified atom stereocenters. The number of aliphatic hydroxyl groups is 1. The molecule has 1 saturated heterocycles. The monoisotopic (exact) mass is 252 g/mol. The van der Waals surface area contributed by atoms with Crippen LogP contribution in [0.1, 0.15) is 53.4 Å². The fourth-order valence-corrected chi connectivity index (χ4v) is 4.09. The van der Waals surface area contributed by atoms with E-state index in [1.165, 1.54) is 19.3 Å². The van der Waals surface area contributed by atoms with Gasteiger partial charge in [-0.05, 0) is 43.9 Å². The molecule has 0 aromatic rings. The third-order valence-electron chi connectivity index (χ3n) is 5.57. The van der Waals surface area contributed by atoms with Crippen LogP contribution >= 0.6 is 0 Å². The molecule has 0 amide bonds. The smallest absolute Gasteiger partial charge is 0.224 e. The summed E-state index contributed by atoms with van der Waals surface area (Å²) in [4.78, 5) is 10.6. The highest BCUT2D eigenvalue weighted by Crippen LogP contribution is 2.58. The van der Waals surface area contributed by atoms with E-state index in [4.69, 9.17) is 9.78 Å². The highest BCUT2D eigenvalue weighted by molar-refractivity contribution is 5.32. The predicted molar refractivity (Wildman–Crippen MR) is 68.5 cm³/mol. The molecular formula is C15H24O3. The largest absolute Gasteiger partial charge is 0.360 e. The maximum Gasteiger partial charge on any atom is 0.224 e. The minimum atomic E-state index is -1.19. The van der Waals surface area contributed by atoms with Crippen LogP contribution in [0.3, 0.4) is 0 Å². The van der Waals surface area contributed by atoms with Crippen molar-refractivity contribution in [3.63, 3.8) is 0 Å². The molecule has 2 aliphatic carbocycles. The lowest BCUT2D eigenvalue weighted by atomic mass is 9.55. The van der Waals surface area contributed by atoms with E-state index in [1.54, 1.807) is 0 Å². The second-order valence-corrected chi connectivity index (χ2v) is 7.12. The lowest BCUT2D eigenvalue weighted by Crippen LogP contribution is -2.48. The van der Waals surface area contributed by atoms with Gasteiger partial charge in [0.25, 0.3) is 0 Å². The number of fused-ring (bicyclic) bond motifs is 2. The first-order valence-corrected chi connectivity index (χ1v) is 7.11. The molecule has 3 nitrogen and oxygen atoms in total. The maximum absolute atomic E-state index is 10.7. The number of allylic oxidation sites excluding steroid dienone is 1. The quantitative estimate of drug-likeness (QED) is 0.531. The van der Waals surface area contributed by atoms with Gasteiger partial charge in [-0.1, -0.05) is 26.3 Å². The zero-order valence-electron chi connectivity index (χ0n) is 11.8. The fraction of sp³-hybridized carbons (Fsp3) is 0.867. The van der Waals surface area contributed by atoms with Crippen molar-refractivity contribution in [3.05, 3.63) is 11.6 Å². The minimum Gasteiger partial charge on any atom is -0.360 e. The Kier molecular flexibility index (Phi) is 2.52. The van der Waals surface area contributed by atoms with Crippen LogP contribution in [0.4, 0.5) is 0 Å². The summed E-state index contributed by atoms with van der Waals surface area (Å²) in [5, 5.41) is 10.7. The molecule has 1 saturated carbocycles. The zero-order valence-corrected chi connectivity index (χ0v) is 11.8. The van der Waals surface area contributed by atoms with E-state index in [2.05, 4.69) is 19.9 Å². The van der Waals surface area contributed by atoms with Crippen molar-refractivity contribution in [3.8, 4) is 0 Å². The van der Waals surface area contributed by atoms with Crippen LogP contribution in [0.15, 0.2) is 11.6 Å². The molecule has 3 rings (SSSR count). The molecule has 2 fully saturated rings. The van der Waals surface area contributed by atoms with E-state index in [-0.39, 0.29) is 5.41 Å². The van der Waals surface area contributed by atoms with Gasteiger partial charge in [0.15, 0.2) is 0 Å². The van der Waals surface area contributed by atoms with Crippen LogP contribution in [-0.4, -0.2) is 16.5 Å². The van der Waals surface area contributed by atoms with Crippen molar-refractivity contribution in [2.75, 3.05) is 0 Å². The first-order chi connectivity index (χ1) is 8.28. The second-order valence-electron chi connectivity index (χ2n) is 7.12. The van der Waals surface area contributed by atoms with Gasteiger partial charge in [0, 0.05) is 12.0 Å². The van der Waals surface area contributed by atoms with Gasteiger partial charge in [0.2, 0.25) is 5.79 Å². The summed E-state index contributed by atoms with van der Waals surface area (Å²) in [5.41, 5.74) is 0.580. The Morgan fingerprint density at radius 3 is 2.67 bits per heavy atom. The van der Waals surface area contributed by atoms with E-state index in [0.29, 0.717) is 18.3 Å². The van der Waals surface area contributed by atoms with Crippen molar-refractivity contribution in [2.45, 2.75) is 64.8 Å². The molecule has 1 N–H and O–H groups in total. The van der Waals surface area contributed by atoms with Crippen LogP contribution in [0.25, 0.3) is 0 Å². The third-order valence-corrected chi connectivity index (χ3v) is 5.57. The van der Waals surface area contributed by atoms with E-state index in [1.807, 2.05) is 13.8 Å². The lowest BCUT2D eigenvalue weighted by Gasteiger charge is -2.50. The Bertz CT molecular complexity index is 401. The Morgan fingerprint density at radius 2 is 1.94 bits per heavy atom. The molecule has 0 aromatic heterocycles.